The molecule has 1 heterocycles. The van der Waals surface area contributed by atoms with Crippen LogP contribution in [0.1, 0.15) is 31.7 Å². The molecule has 28 heavy (non-hydrogen) atoms. The maximum atomic E-state index is 5.94. The van der Waals surface area contributed by atoms with Gasteiger partial charge in [0.25, 0.3) is 0 Å². The molecule has 0 amide bonds. The fourth-order valence-electron chi connectivity index (χ4n) is 3.09. The van der Waals surface area contributed by atoms with Crippen LogP contribution in [-0.4, -0.2) is 70.1 Å². The molecule has 1 N–H and O–H groups in total. The minimum absolute atomic E-state index is 0. The Morgan fingerprint density at radius 2 is 1.89 bits per heavy atom. The minimum Gasteiger partial charge on any atom is -0.385 e. The normalized spacial score (nSPS) is 15.4. The van der Waals surface area contributed by atoms with Crippen LogP contribution in [0.4, 0.5) is 0 Å². The summed E-state index contributed by atoms with van der Waals surface area (Å²) in [6.07, 6.45) is 3.41. The van der Waals surface area contributed by atoms with Gasteiger partial charge in [-0.3, -0.25) is 4.99 Å². The predicted octanol–water partition coefficient (Wildman–Crippen LogP) is 3.30. The molecule has 1 aliphatic heterocycles. The highest BCUT2D eigenvalue weighted by Crippen LogP contribution is 2.14. The largest absolute Gasteiger partial charge is 0.385 e. The molecule has 0 saturated carbocycles. The van der Waals surface area contributed by atoms with Gasteiger partial charge in [-0.05, 0) is 31.7 Å². The molecular formula is C21H36IN3O3. The highest BCUT2D eigenvalue weighted by atomic mass is 127. The number of nitrogens with zero attached hydrogens (tertiary/aromatic N) is 2. The van der Waals surface area contributed by atoms with Crippen molar-refractivity contribution in [2.24, 2.45) is 4.99 Å². The van der Waals surface area contributed by atoms with Gasteiger partial charge < -0.3 is 24.4 Å². The van der Waals surface area contributed by atoms with Gasteiger partial charge in [0.1, 0.15) is 0 Å². The van der Waals surface area contributed by atoms with E-state index in [4.69, 9.17) is 19.2 Å². The molecule has 0 unspecified atom stereocenters. The van der Waals surface area contributed by atoms with Crippen molar-refractivity contribution in [3.63, 3.8) is 0 Å². The van der Waals surface area contributed by atoms with Gasteiger partial charge >= 0.3 is 0 Å². The van der Waals surface area contributed by atoms with E-state index in [0.29, 0.717) is 25.9 Å². The van der Waals surface area contributed by atoms with E-state index < -0.39 is 0 Å². The van der Waals surface area contributed by atoms with Crippen molar-refractivity contribution in [2.75, 3.05) is 53.1 Å². The smallest absolute Gasteiger partial charge is 0.193 e. The number of ether oxygens (including phenoxy) is 3. The Labute approximate surface area is 187 Å². The molecule has 1 aromatic carbocycles. The van der Waals surface area contributed by atoms with Gasteiger partial charge in [-0.25, -0.2) is 0 Å². The van der Waals surface area contributed by atoms with E-state index in [2.05, 4.69) is 29.3 Å². The number of nitrogens with one attached hydrogen (secondary N) is 1. The van der Waals surface area contributed by atoms with Gasteiger partial charge in [-0.1, -0.05) is 30.3 Å². The molecule has 1 fully saturated rings. The minimum atomic E-state index is 0. The lowest BCUT2D eigenvalue weighted by Gasteiger charge is -2.34. The lowest BCUT2D eigenvalue weighted by atomic mass is 10.1. The van der Waals surface area contributed by atoms with Crippen molar-refractivity contribution >= 4 is 29.9 Å². The lowest BCUT2D eigenvalue weighted by Crippen LogP contribution is -2.47. The summed E-state index contributed by atoms with van der Waals surface area (Å²) in [5.41, 5.74) is 1.20. The Hall–Kier alpha value is -0.900. The lowest BCUT2D eigenvalue weighted by molar-refractivity contribution is 0.00987. The first-order valence-corrected chi connectivity index (χ1v) is 10.1. The Morgan fingerprint density at radius 3 is 2.57 bits per heavy atom. The van der Waals surface area contributed by atoms with Crippen molar-refractivity contribution in [2.45, 2.75) is 38.9 Å². The third-order valence-corrected chi connectivity index (χ3v) is 4.53. The van der Waals surface area contributed by atoms with Crippen LogP contribution >= 0.6 is 24.0 Å². The molecule has 1 aliphatic rings. The molecular weight excluding hydrogens is 469 g/mol. The first-order valence-electron chi connectivity index (χ1n) is 10.1. The summed E-state index contributed by atoms with van der Waals surface area (Å²) in [5, 5.41) is 3.40. The average molecular weight is 505 g/mol. The standard InChI is InChI=1S/C21H35N3O3.HI/c1-3-22-21(23-12-17-26-18-19-8-5-4-6-9-19)24-13-10-20(11-14-24)27-16-7-15-25-2;/h4-6,8-9,20H,3,7,10-18H2,1-2H3,(H,22,23);1H. The van der Waals surface area contributed by atoms with E-state index in [1.54, 1.807) is 7.11 Å². The summed E-state index contributed by atoms with van der Waals surface area (Å²) in [6.45, 7) is 8.42. The monoisotopic (exact) mass is 505 g/mol. The quantitative estimate of drug-likeness (QED) is 0.217. The first-order chi connectivity index (χ1) is 13.3. The summed E-state index contributed by atoms with van der Waals surface area (Å²) in [4.78, 5) is 7.06. The van der Waals surface area contributed by atoms with Crippen LogP contribution in [0.5, 0.6) is 0 Å². The topological polar surface area (TPSA) is 55.3 Å². The molecule has 0 aliphatic carbocycles. The number of hydrogen-bond acceptors (Lipinski definition) is 4. The number of rotatable bonds is 11. The SMILES string of the molecule is CCNC(=NCCOCc1ccccc1)N1CCC(OCCCOC)CC1.I. The van der Waals surface area contributed by atoms with Crippen LogP contribution in [0.15, 0.2) is 35.3 Å². The van der Waals surface area contributed by atoms with Crippen LogP contribution in [0.3, 0.4) is 0 Å². The molecule has 7 heteroatoms. The molecule has 0 bridgehead atoms. The number of benzene rings is 1. The highest BCUT2D eigenvalue weighted by Gasteiger charge is 2.21. The van der Waals surface area contributed by atoms with E-state index in [9.17, 15) is 0 Å². The van der Waals surface area contributed by atoms with Gasteiger partial charge in [-0.15, -0.1) is 24.0 Å². The zero-order chi connectivity index (χ0) is 19.2. The van der Waals surface area contributed by atoms with Gasteiger partial charge in [0.15, 0.2) is 5.96 Å². The van der Waals surface area contributed by atoms with Crippen molar-refractivity contribution in [3.8, 4) is 0 Å². The number of halogens is 1. The van der Waals surface area contributed by atoms with Gasteiger partial charge in [0.2, 0.25) is 0 Å². The third kappa shape index (κ3) is 10.0. The molecule has 1 saturated heterocycles. The van der Waals surface area contributed by atoms with E-state index in [-0.39, 0.29) is 24.0 Å². The van der Waals surface area contributed by atoms with Crippen molar-refractivity contribution in [1.29, 1.82) is 0 Å². The number of aliphatic imine (C=N–C) groups is 1. The molecule has 1 aromatic rings. The van der Waals surface area contributed by atoms with Gasteiger partial charge in [0.05, 0.1) is 25.9 Å². The molecule has 0 spiro atoms. The molecule has 0 radical (unpaired) electrons. The fourth-order valence-corrected chi connectivity index (χ4v) is 3.09. The van der Waals surface area contributed by atoms with Crippen molar-refractivity contribution < 1.29 is 14.2 Å². The zero-order valence-electron chi connectivity index (χ0n) is 17.3. The fraction of sp³-hybridized carbons (Fsp3) is 0.667. The third-order valence-electron chi connectivity index (χ3n) is 4.53. The predicted molar refractivity (Wildman–Crippen MR) is 125 cm³/mol. The summed E-state index contributed by atoms with van der Waals surface area (Å²) in [6, 6.07) is 10.2. The van der Waals surface area contributed by atoms with E-state index >= 15 is 0 Å². The maximum absolute atomic E-state index is 5.94. The van der Waals surface area contributed by atoms with Crippen LogP contribution in [0.25, 0.3) is 0 Å². The van der Waals surface area contributed by atoms with Crippen LogP contribution in [0, 0.1) is 0 Å². The molecule has 0 aromatic heterocycles. The Bertz CT molecular complexity index is 523. The molecule has 2 rings (SSSR count). The van der Waals surface area contributed by atoms with E-state index in [1.807, 2.05) is 18.2 Å². The van der Waals surface area contributed by atoms with Crippen LogP contribution in [-0.2, 0) is 20.8 Å². The van der Waals surface area contributed by atoms with Gasteiger partial charge in [0, 0.05) is 40.0 Å². The second-order valence-corrected chi connectivity index (χ2v) is 6.68. The van der Waals surface area contributed by atoms with Crippen molar-refractivity contribution in [1.82, 2.24) is 10.2 Å². The zero-order valence-corrected chi connectivity index (χ0v) is 19.6. The second-order valence-electron chi connectivity index (χ2n) is 6.68. The summed E-state index contributed by atoms with van der Waals surface area (Å²) in [7, 11) is 1.73. The molecule has 6 nitrogen and oxygen atoms in total. The van der Waals surface area contributed by atoms with Crippen molar-refractivity contribution in [3.05, 3.63) is 35.9 Å². The molecule has 0 atom stereocenters. The summed E-state index contributed by atoms with van der Waals surface area (Å²) >= 11 is 0. The highest BCUT2D eigenvalue weighted by molar-refractivity contribution is 14.0. The summed E-state index contributed by atoms with van der Waals surface area (Å²) < 4.78 is 16.7. The van der Waals surface area contributed by atoms with E-state index in [1.165, 1.54) is 5.56 Å². The van der Waals surface area contributed by atoms with Crippen LogP contribution in [0.2, 0.25) is 0 Å². The maximum Gasteiger partial charge on any atom is 0.193 e. The van der Waals surface area contributed by atoms with E-state index in [0.717, 1.165) is 58.1 Å². The first kappa shape index (κ1) is 25.1. The average Bonchev–Trinajstić information content (AvgIpc) is 2.71. The number of piperidine rings is 1. The molecule has 160 valence electrons. The Balaban J connectivity index is 0.00000392. The Morgan fingerprint density at radius 1 is 1.14 bits per heavy atom. The number of hydrogen-bond donors (Lipinski definition) is 1. The van der Waals surface area contributed by atoms with Gasteiger partial charge in [-0.2, -0.15) is 0 Å². The van der Waals surface area contributed by atoms with Crippen LogP contribution < -0.4 is 5.32 Å². The number of methoxy groups -OCH3 is 1. The Kier molecular flexibility index (Phi) is 14.3. The summed E-state index contributed by atoms with van der Waals surface area (Å²) in [5.74, 6) is 0.985. The second kappa shape index (κ2) is 16.0. The number of likely N-dealkylation sites (tertiary alicyclic amines) is 1. The number of guanidine groups is 1.